The van der Waals surface area contributed by atoms with Gasteiger partial charge < -0.3 is 15.0 Å². The summed E-state index contributed by atoms with van der Waals surface area (Å²) in [6.45, 7) is 6.92. The normalized spacial score (nSPS) is 18.9. The molecule has 1 atom stereocenters. The molecule has 2 amide bonds. The fourth-order valence-electron chi connectivity index (χ4n) is 3.55. The second-order valence-corrected chi connectivity index (χ2v) is 7.13. The van der Waals surface area contributed by atoms with Crippen molar-refractivity contribution in [1.82, 2.24) is 15.2 Å². The molecule has 3 rings (SSSR count). The van der Waals surface area contributed by atoms with E-state index < -0.39 is 5.60 Å². The average Bonchev–Trinajstić information content (AvgIpc) is 2.78. The van der Waals surface area contributed by atoms with Gasteiger partial charge in [-0.2, -0.15) is 0 Å². The third-order valence-corrected chi connectivity index (χ3v) is 5.10. The van der Waals surface area contributed by atoms with Crippen LogP contribution < -0.4 is 5.32 Å². The standard InChI is InChI=1S/C23H27N3O3/c1-3-11-25-22(28)23(17-26(13-14-29-23)21(27)4-2)15-18-7-9-19(10-8-18)20-6-5-12-24-16-20/h3,5-10,12,16H,1,4,11,13-15,17H2,2H3,(H,25,28)/t23-/m0/s1. The molecule has 0 unspecified atom stereocenters. The zero-order valence-electron chi connectivity index (χ0n) is 16.8. The molecule has 1 aromatic heterocycles. The number of benzene rings is 1. The zero-order valence-corrected chi connectivity index (χ0v) is 16.8. The highest BCUT2D eigenvalue weighted by molar-refractivity contribution is 5.87. The molecule has 0 spiro atoms. The highest BCUT2D eigenvalue weighted by Crippen LogP contribution is 2.26. The Balaban J connectivity index is 1.84. The van der Waals surface area contributed by atoms with Crippen molar-refractivity contribution >= 4 is 11.8 Å². The molecule has 6 nitrogen and oxygen atoms in total. The van der Waals surface area contributed by atoms with Crippen LogP contribution in [0.25, 0.3) is 11.1 Å². The van der Waals surface area contributed by atoms with Crippen molar-refractivity contribution in [3.05, 3.63) is 67.0 Å². The van der Waals surface area contributed by atoms with Crippen molar-refractivity contribution in [2.45, 2.75) is 25.4 Å². The molecule has 1 aliphatic rings. The fourth-order valence-corrected chi connectivity index (χ4v) is 3.55. The van der Waals surface area contributed by atoms with Gasteiger partial charge in [0.1, 0.15) is 0 Å². The van der Waals surface area contributed by atoms with Crippen LogP contribution in [0.2, 0.25) is 0 Å². The van der Waals surface area contributed by atoms with E-state index in [-0.39, 0.29) is 18.4 Å². The van der Waals surface area contributed by atoms with Crippen LogP contribution in [0.15, 0.2) is 61.4 Å². The van der Waals surface area contributed by atoms with Gasteiger partial charge in [-0.25, -0.2) is 0 Å². The van der Waals surface area contributed by atoms with Crippen LogP contribution in [0.1, 0.15) is 18.9 Å². The number of hydrogen-bond donors (Lipinski definition) is 1. The van der Waals surface area contributed by atoms with E-state index in [0.717, 1.165) is 16.7 Å². The number of rotatable bonds is 7. The van der Waals surface area contributed by atoms with Gasteiger partial charge in [0.05, 0.1) is 13.2 Å². The first-order valence-electron chi connectivity index (χ1n) is 9.88. The Morgan fingerprint density at radius 3 is 2.72 bits per heavy atom. The van der Waals surface area contributed by atoms with Crippen LogP contribution in [0.4, 0.5) is 0 Å². The Morgan fingerprint density at radius 2 is 2.07 bits per heavy atom. The second kappa shape index (κ2) is 9.47. The van der Waals surface area contributed by atoms with Gasteiger partial charge in [0.2, 0.25) is 5.91 Å². The first-order valence-corrected chi connectivity index (χ1v) is 9.88. The smallest absolute Gasteiger partial charge is 0.254 e. The molecule has 1 fully saturated rings. The van der Waals surface area contributed by atoms with Crippen molar-refractivity contribution in [3.8, 4) is 11.1 Å². The molecule has 0 saturated carbocycles. The quantitative estimate of drug-likeness (QED) is 0.734. The average molecular weight is 393 g/mol. The lowest BCUT2D eigenvalue weighted by Gasteiger charge is -2.41. The van der Waals surface area contributed by atoms with Crippen molar-refractivity contribution in [2.24, 2.45) is 0 Å². The summed E-state index contributed by atoms with van der Waals surface area (Å²) in [5, 5.41) is 2.85. The monoisotopic (exact) mass is 393 g/mol. The zero-order chi connectivity index (χ0) is 20.7. The van der Waals surface area contributed by atoms with Crippen molar-refractivity contribution in [1.29, 1.82) is 0 Å². The Morgan fingerprint density at radius 1 is 1.28 bits per heavy atom. The fraction of sp³-hybridized carbons (Fsp3) is 0.348. The lowest BCUT2D eigenvalue weighted by molar-refractivity contribution is -0.165. The number of morpholine rings is 1. The summed E-state index contributed by atoms with van der Waals surface area (Å²) in [4.78, 5) is 31.1. The van der Waals surface area contributed by atoms with Gasteiger partial charge in [0, 0.05) is 38.3 Å². The lowest BCUT2D eigenvalue weighted by Crippen LogP contribution is -2.62. The van der Waals surface area contributed by atoms with Crippen LogP contribution in [0.5, 0.6) is 0 Å². The number of carbonyl (C=O) groups excluding carboxylic acids is 2. The number of nitrogens with one attached hydrogen (secondary N) is 1. The second-order valence-electron chi connectivity index (χ2n) is 7.13. The van der Waals surface area contributed by atoms with E-state index >= 15 is 0 Å². The summed E-state index contributed by atoms with van der Waals surface area (Å²) < 4.78 is 6.02. The van der Waals surface area contributed by atoms with Gasteiger partial charge >= 0.3 is 0 Å². The van der Waals surface area contributed by atoms with Crippen LogP contribution in [-0.4, -0.2) is 53.5 Å². The van der Waals surface area contributed by atoms with Crippen LogP contribution in [0.3, 0.4) is 0 Å². The Labute approximate surface area is 171 Å². The summed E-state index contributed by atoms with van der Waals surface area (Å²) in [5.74, 6) is -0.191. The van der Waals surface area contributed by atoms with Gasteiger partial charge in [-0.1, -0.05) is 43.3 Å². The molecule has 1 aromatic carbocycles. The number of ether oxygens (including phenoxy) is 1. The number of pyridine rings is 1. The van der Waals surface area contributed by atoms with Gasteiger partial charge in [0.15, 0.2) is 5.60 Å². The summed E-state index contributed by atoms with van der Waals surface area (Å²) in [6.07, 6.45) is 5.98. The molecule has 2 heterocycles. The molecule has 0 radical (unpaired) electrons. The molecule has 1 N–H and O–H groups in total. The summed E-state index contributed by atoms with van der Waals surface area (Å²) in [6, 6.07) is 11.9. The number of hydrogen-bond acceptors (Lipinski definition) is 4. The Kier molecular flexibility index (Phi) is 6.77. The van der Waals surface area contributed by atoms with Crippen molar-refractivity contribution in [3.63, 3.8) is 0 Å². The molecule has 2 aromatic rings. The highest BCUT2D eigenvalue weighted by Gasteiger charge is 2.44. The lowest BCUT2D eigenvalue weighted by atomic mass is 9.90. The largest absolute Gasteiger partial charge is 0.361 e. The molecule has 29 heavy (non-hydrogen) atoms. The van der Waals surface area contributed by atoms with Gasteiger partial charge in [-0.15, -0.1) is 6.58 Å². The maximum atomic E-state index is 13.0. The SMILES string of the molecule is C=CCNC(=O)[C@]1(Cc2ccc(-c3cccnc3)cc2)CN(C(=O)CC)CCO1. The predicted octanol–water partition coefficient (Wildman–Crippen LogP) is 2.60. The third kappa shape index (κ3) is 4.90. The number of amides is 2. The first kappa shape index (κ1) is 20.7. The van der Waals surface area contributed by atoms with Crippen molar-refractivity contribution in [2.75, 3.05) is 26.2 Å². The van der Waals surface area contributed by atoms with E-state index in [9.17, 15) is 9.59 Å². The number of carbonyl (C=O) groups is 2. The number of aromatic nitrogens is 1. The molecule has 152 valence electrons. The van der Waals surface area contributed by atoms with Crippen LogP contribution in [0, 0.1) is 0 Å². The molecule has 6 heteroatoms. The summed E-state index contributed by atoms with van der Waals surface area (Å²) >= 11 is 0. The van der Waals surface area contributed by atoms with E-state index in [0.29, 0.717) is 32.5 Å². The molecule has 1 aliphatic heterocycles. The number of nitrogens with zero attached hydrogens (tertiary/aromatic N) is 2. The van der Waals surface area contributed by atoms with Gasteiger partial charge in [0.25, 0.3) is 5.91 Å². The Bertz CT molecular complexity index is 851. The van der Waals surface area contributed by atoms with Gasteiger partial charge in [-0.3, -0.25) is 14.6 Å². The Hall–Kier alpha value is -2.99. The van der Waals surface area contributed by atoms with E-state index in [1.54, 1.807) is 17.2 Å². The minimum atomic E-state index is -1.11. The maximum Gasteiger partial charge on any atom is 0.254 e. The van der Waals surface area contributed by atoms with Crippen molar-refractivity contribution < 1.29 is 14.3 Å². The maximum absolute atomic E-state index is 13.0. The van der Waals surface area contributed by atoms with E-state index in [2.05, 4.69) is 16.9 Å². The third-order valence-electron chi connectivity index (χ3n) is 5.10. The minimum Gasteiger partial charge on any atom is -0.361 e. The van der Waals surface area contributed by atoms with E-state index in [1.165, 1.54) is 0 Å². The summed E-state index contributed by atoms with van der Waals surface area (Å²) in [5.41, 5.74) is 1.95. The molecule has 0 bridgehead atoms. The van der Waals surface area contributed by atoms with E-state index in [1.807, 2.05) is 49.5 Å². The molecular weight excluding hydrogens is 366 g/mol. The molecule has 0 aliphatic carbocycles. The van der Waals surface area contributed by atoms with Crippen LogP contribution in [-0.2, 0) is 20.7 Å². The van der Waals surface area contributed by atoms with E-state index in [4.69, 9.17) is 4.74 Å². The topological polar surface area (TPSA) is 71.5 Å². The predicted molar refractivity (Wildman–Crippen MR) is 112 cm³/mol. The van der Waals surface area contributed by atoms with Crippen LogP contribution >= 0.6 is 0 Å². The molecule has 1 saturated heterocycles. The summed E-state index contributed by atoms with van der Waals surface area (Å²) in [7, 11) is 0. The molecular formula is C23H27N3O3. The highest BCUT2D eigenvalue weighted by atomic mass is 16.5. The first-order chi connectivity index (χ1) is 14.1. The van der Waals surface area contributed by atoms with Gasteiger partial charge in [-0.05, 0) is 22.8 Å². The minimum absolute atomic E-state index is 0.0288.